The van der Waals surface area contributed by atoms with Crippen molar-refractivity contribution in [3.63, 3.8) is 0 Å². The topological polar surface area (TPSA) is 91.1 Å². The Morgan fingerprint density at radius 3 is 2.64 bits per heavy atom. The zero-order valence-corrected chi connectivity index (χ0v) is 23.0. The van der Waals surface area contributed by atoms with Gasteiger partial charge in [0, 0.05) is 69.9 Å². The second-order valence-electron chi connectivity index (χ2n) is 11.1. The molecule has 6 rings (SSSR count). The third-order valence-corrected chi connectivity index (χ3v) is 8.66. The fraction of sp³-hybridized carbons (Fsp3) is 0.586. The van der Waals surface area contributed by atoms with Crippen LogP contribution in [0.25, 0.3) is 5.65 Å². The Labute approximate surface area is 230 Å². The quantitative estimate of drug-likeness (QED) is 0.450. The second kappa shape index (κ2) is 11.8. The molecule has 4 heterocycles. The van der Waals surface area contributed by atoms with Crippen LogP contribution in [0.15, 0.2) is 36.4 Å². The van der Waals surface area contributed by atoms with Crippen molar-refractivity contribution in [2.75, 3.05) is 62.7 Å². The summed E-state index contributed by atoms with van der Waals surface area (Å²) in [6, 6.07) is 13.0. The third kappa shape index (κ3) is 5.95. The molecule has 0 radical (unpaired) electrons. The van der Waals surface area contributed by atoms with E-state index in [1.807, 2.05) is 24.3 Å². The lowest BCUT2D eigenvalue weighted by atomic mass is 10.1. The van der Waals surface area contributed by atoms with Crippen molar-refractivity contribution < 1.29 is 9.53 Å². The van der Waals surface area contributed by atoms with Gasteiger partial charge in [0.2, 0.25) is 5.91 Å². The summed E-state index contributed by atoms with van der Waals surface area (Å²) in [5.74, 6) is 3.16. The van der Waals surface area contributed by atoms with Crippen molar-refractivity contribution in [1.29, 1.82) is 0 Å². The molecule has 0 spiro atoms. The smallest absolute Gasteiger partial charge is 0.220 e. The van der Waals surface area contributed by atoms with E-state index in [0.29, 0.717) is 24.4 Å². The van der Waals surface area contributed by atoms with Gasteiger partial charge in [0.1, 0.15) is 11.6 Å². The fourth-order valence-corrected chi connectivity index (χ4v) is 6.35. The molecule has 2 aromatic heterocycles. The number of likely N-dealkylation sites (tertiary alicyclic amines) is 1. The number of rotatable bonds is 9. The van der Waals surface area contributed by atoms with Crippen LogP contribution in [0.5, 0.6) is 5.75 Å². The van der Waals surface area contributed by atoms with Gasteiger partial charge in [-0.3, -0.25) is 4.79 Å². The minimum atomic E-state index is 0.0795. The number of nitrogens with zero attached hydrogens (tertiary/aromatic N) is 7. The van der Waals surface area contributed by atoms with Crippen molar-refractivity contribution >= 4 is 23.1 Å². The molecule has 3 aliphatic rings. The van der Waals surface area contributed by atoms with Gasteiger partial charge < -0.3 is 24.8 Å². The number of aromatic nitrogens is 4. The molecule has 0 bridgehead atoms. The van der Waals surface area contributed by atoms with Gasteiger partial charge in [0.05, 0.1) is 7.11 Å². The van der Waals surface area contributed by atoms with Crippen molar-refractivity contribution in [3.05, 3.63) is 42.2 Å². The Bertz CT molecular complexity index is 1270. The maximum Gasteiger partial charge on any atom is 0.220 e. The highest BCUT2D eigenvalue weighted by Crippen LogP contribution is 2.28. The molecule has 3 aromatic rings. The van der Waals surface area contributed by atoms with Crippen molar-refractivity contribution in [3.8, 4) is 5.75 Å². The molecule has 10 nitrogen and oxygen atoms in total. The molecule has 2 saturated heterocycles. The zero-order valence-electron chi connectivity index (χ0n) is 23.0. The zero-order chi connectivity index (χ0) is 26.6. The van der Waals surface area contributed by atoms with Crippen LogP contribution in [0.2, 0.25) is 0 Å². The summed E-state index contributed by atoms with van der Waals surface area (Å²) in [5.41, 5.74) is 1.89. The van der Waals surface area contributed by atoms with Crippen molar-refractivity contribution in [2.24, 2.45) is 5.92 Å². The number of hydrogen-bond donors (Lipinski definition) is 1. The molecule has 3 fully saturated rings. The van der Waals surface area contributed by atoms with E-state index in [1.165, 1.54) is 44.3 Å². The summed E-state index contributed by atoms with van der Waals surface area (Å²) in [6.07, 6.45) is 7.54. The van der Waals surface area contributed by atoms with Crippen molar-refractivity contribution in [2.45, 2.75) is 51.0 Å². The Hall–Kier alpha value is -3.40. The summed E-state index contributed by atoms with van der Waals surface area (Å²) in [4.78, 5) is 20.0. The molecule has 1 N–H and O–H groups in total. The molecule has 10 heteroatoms. The normalized spacial score (nSPS) is 20.7. The van der Waals surface area contributed by atoms with Gasteiger partial charge in [0.25, 0.3) is 0 Å². The van der Waals surface area contributed by atoms with E-state index in [1.54, 1.807) is 11.6 Å². The average molecular weight is 533 g/mol. The summed E-state index contributed by atoms with van der Waals surface area (Å²) in [6.45, 7) is 6.63. The molecule has 2 aliphatic heterocycles. The molecule has 1 saturated carbocycles. The molecular weight excluding hydrogens is 492 g/mol. The van der Waals surface area contributed by atoms with Crippen LogP contribution in [-0.2, 0) is 11.2 Å². The van der Waals surface area contributed by atoms with Crippen LogP contribution in [0.3, 0.4) is 0 Å². The predicted octanol–water partition coefficient (Wildman–Crippen LogP) is 2.77. The van der Waals surface area contributed by atoms with E-state index in [4.69, 9.17) is 9.84 Å². The van der Waals surface area contributed by atoms with Gasteiger partial charge in [-0.2, -0.15) is 4.52 Å². The van der Waals surface area contributed by atoms with E-state index >= 15 is 0 Å². The first-order valence-electron chi connectivity index (χ1n) is 14.5. The lowest BCUT2D eigenvalue weighted by Crippen LogP contribution is -2.47. The highest BCUT2D eigenvalue weighted by molar-refractivity contribution is 5.76. The molecule has 208 valence electrons. The summed E-state index contributed by atoms with van der Waals surface area (Å²) >= 11 is 0. The number of amides is 1. The number of fused-ring (bicyclic) bond motifs is 1. The van der Waals surface area contributed by atoms with Gasteiger partial charge in [0.15, 0.2) is 11.5 Å². The summed E-state index contributed by atoms with van der Waals surface area (Å²) < 4.78 is 7.18. The fourth-order valence-electron chi connectivity index (χ4n) is 6.35. The monoisotopic (exact) mass is 532 g/mol. The highest BCUT2D eigenvalue weighted by Gasteiger charge is 2.30. The maximum atomic E-state index is 12.6. The minimum Gasteiger partial charge on any atom is -0.497 e. The Kier molecular flexibility index (Phi) is 7.81. The number of carbonyl (C=O) groups is 1. The van der Waals surface area contributed by atoms with Gasteiger partial charge in [-0.25, -0.2) is 0 Å². The maximum absolute atomic E-state index is 12.6. The van der Waals surface area contributed by atoms with E-state index in [9.17, 15) is 4.79 Å². The lowest BCUT2D eigenvalue weighted by molar-refractivity contribution is -0.121. The predicted molar refractivity (Wildman–Crippen MR) is 151 cm³/mol. The van der Waals surface area contributed by atoms with Gasteiger partial charge in [-0.1, -0.05) is 18.9 Å². The molecule has 1 unspecified atom stereocenters. The number of ether oxygens (including phenoxy) is 1. The van der Waals surface area contributed by atoms with E-state index < -0.39 is 0 Å². The Morgan fingerprint density at radius 1 is 1.00 bits per heavy atom. The number of aryl methyl sites for hydroxylation is 1. The first-order valence-corrected chi connectivity index (χ1v) is 14.5. The number of piperazine rings is 1. The van der Waals surface area contributed by atoms with E-state index in [-0.39, 0.29) is 5.91 Å². The molecule has 1 aliphatic carbocycles. The standard InChI is InChI=1S/C29H40N8O2/c1-39-25-8-4-7-24(19-25)34-15-17-35(18-16-34)28-10-9-26-31-32-27(37(26)33-28)11-12-29(38)30-20-22-13-14-36(21-22)23-5-2-3-6-23/h4,7-10,19,22-23H,2-3,5-6,11-18,20-21H2,1H3,(H,30,38). The average Bonchev–Trinajstić information content (AvgIpc) is 3.76. The summed E-state index contributed by atoms with van der Waals surface area (Å²) in [7, 11) is 1.70. The molecular formula is C29H40N8O2. The lowest BCUT2D eigenvalue weighted by Gasteiger charge is -2.36. The van der Waals surface area contributed by atoms with E-state index in [2.05, 4.69) is 42.3 Å². The van der Waals surface area contributed by atoms with Crippen LogP contribution in [0.4, 0.5) is 11.5 Å². The molecule has 1 atom stereocenters. The number of anilines is 2. The molecule has 1 aromatic carbocycles. The number of carbonyl (C=O) groups excluding carboxylic acids is 1. The van der Waals surface area contributed by atoms with Crippen LogP contribution in [0.1, 0.15) is 44.3 Å². The van der Waals surface area contributed by atoms with Crippen LogP contribution in [-0.4, -0.2) is 89.6 Å². The summed E-state index contributed by atoms with van der Waals surface area (Å²) in [5, 5.41) is 16.6. The van der Waals surface area contributed by atoms with Crippen molar-refractivity contribution in [1.82, 2.24) is 30.0 Å². The van der Waals surface area contributed by atoms with Crippen LogP contribution >= 0.6 is 0 Å². The molecule has 39 heavy (non-hydrogen) atoms. The first kappa shape index (κ1) is 25.9. The van der Waals surface area contributed by atoms with E-state index in [0.717, 1.165) is 62.7 Å². The number of methoxy groups -OCH3 is 1. The number of nitrogens with one attached hydrogen (secondary N) is 1. The van der Waals surface area contributed by atoms with Crippen LogP contribution in [0, 0.1) is 5.92 Å². The number of benzene rings is 1. The Morgan fingerprint density at radius 2 is 1.82 bits per heavy atom. The van der Waals surface area contributed by atoms with Gasteiger partial charge in [-0.05, 0) is 56.0 Å². The number of hydrogen-bond acceptors (Lipinski definition) is 8. The highest BCUT2D eigenvalue weighted by atomic mass is 16.5. The largest absolute Gasteiger partial charge is 0.497 e. The SMILES string of the molecule is COc1cccc(N2CCN(c3ccc4nnc(CCC(=O)NCC5CCN(C6CCCC6)C5)n4n3)CC2)c1. The molecule has 1 amide bonds. The Balaban J connectivity index is 1.00. The van der Waals surface area contributed by atoms with Gasteiger partial charge in [-0.15, -0.1) is 15.3 Å². The second-order valence-corrected chi connectivity index (χ2v) is 11.1. The third-order valence-electron chi connectivity index (χ3n) is 8.66. The minimum absolute atomic E-state index is 0.0795. The van der Waals surface area contributed by atoms with Crippen LogP contribution < -0.4 is 19.9 Å². The first-order chi connectivity index (χ1) is 19.2. The van der Waals surface area contributed by atoms with Gasteiger partial charge >= 0.3 is 0 Å².